The average molecular weight is 233 g/mol. The van der Waals surface area contributed by atoms with Crippen LogP contribution < -0.4 is 0 Å². The van der Waals surface area contributed by atoms with Gasteiger partial charge in [0.15, 0.2) is 5.65 Å². The summed E-state index contributed by atoms with van der Waals surface area (Å²) in [6.07, 6.45) is 1.66. The molecule has 0 unspecified atom stereocenters. The van der Waals surface area contributed by atoms with Crippen molar-refractivity contribution in [1.82, 2.24) is 14.8 Å². The van der Waals surface area contributed by atoms with Crippen LogP contribution in [0.1, 0.15) is 29.9 Å². The van der Waals surface area contributed by atoms with Gasteiger partial charge in [0.1, 0.15) is 0 Å². The number of fused-ring (bicyclic) bond motifs is 1. The van der Waals surface area contributed by atoms with E-state index in [2.05, 4.69) is 10.1 Å². The van der Waals surface area contributed by atoms with Crippen LogP contribution in [-0.2, 0) is 11.3 Å². The quantitative estimate of drug-likeness (QED) is 0.760. The van der Waals surface area contributed by atoms with E-state index < -0.39 is 0 Å². The van der Waals surface area contributed by atoms with Gasteiger partial charge in [-0.2, -0.15) is 5.10 Å². The van der Waals surface area contributed by atoms with Crippen LogP contribution in [0.5, 0.6) is 0 Å². The van der Waals surface area contributed by atoms with Gasteiger partial charge in [-0.15, -0.1) is 0 Å². The lowest BCUT2D eigenvalue weighted by Gasteiger charge is -2.05. The van der Waals surface area contributed by atoms with Crippen molar-refractivity contribution in [2.24, 2.45) is 0 Å². The number of hydrogen-bond acceptors (Lipinski definition) is 4. The SMILES string of the molecule is CCOC(=O)c1cc(C)nc2c1cnn2CC. The fourth-order valence-electron chi connectivity index (χ4n) is 1.78. The van der Waals surface area contributed by atoms with Crippen molar-refractivity contribution in [2.45, 2.75) is 27.3 Å². The normalized spacial score (nSPS) is 10.8. The zero-order valence-electron chi connectivity index (χ0n) is 10.2. The van der Waals surface area contributed by atoms with Crippen LogP contribution in [0, 0.1) is 6.92 Å². The predicted molar refractivity (Wildman–Crippen MR) is 63.9 cm³/mol. The summed E-state index contributed by atoms with van der Waals surface area (Å²) in [7, 11) is 0. The molecule has 0 atom stereocenters. The van der Waals surface area contributed by atoms with Crippen LogP contribution in [0.15, 0.2) is 12.3 Å². The molecule has 0 saturated carbocycles. The first-order valence-electron chi connectivity index (χ1n) is 5.67. The van der Waals surface area contributed by atoms with Gasteiger partial charge in [0, 0.05) is 12.2 Å². The second kappa shape index (κ2) is 4.53. The standard InChI is InChI=1S/C12H15N3O2/c1-4-15-11-10(7-13-15)9(6-8(3)14-11)12(16)17-5-2/h6-7H,4-5H2,1-3H3. The highest BCUT2D eigenvalue weighted by Crippen LogP contribution is 2.19. The molecule has 17 heavy (non-hydrogen) atoms. The first-order valence-corrected chi connectivity index (χ1v) is 5.67. The van der Waals surface area contributed by atoms with Gasteiger partial charge in [0.2, 0.25) is 0 Å². The number of esters is 1. The lowest BCUT2D eigenvalue weighted by Crippen LogP contribution is -2.07. The van der Waals surface area contributed by atoms with E-state index in [1.165, 1.54) is 0 Å². The van der Waals surface area contributed by atoms with Crippen molar-refractivity contribution >= 4 is 17.0 Å². The molecule has 0 aromatic carbocycles. The smallest absolute Gasteiger partial charge is 0.338 e. The third-order valence-electron chi connectivity index (χ3n) is 2.53. The summed E-state index contributed by atoms with van der Waals surface area (Å²) in [6.45, 7) is 6.72. The van der Waals surface area contributed by atoms with Gasteiger partial charge in [-0.1, -0.05) is 0 Å². The highest BCUT2D eigenvalue weighted by Gasteiger charge is 2.15. The summed E-state index contributed by atoms with van der Waals surface area (Å²) in [5, 5.41) is 4.95. The topological polar surface area (TPSA) is 57.0 Å². The molecule has 2 heterocycles. The number of pyridine rings is 1. The number of ether oxygens (including phenoxy) is 1. The Kier molecular flexibility index (Phi) is 3.08. The van der Waals surface area contributed by atoms with E-state index >= 15 is 0 Å². The first kappa shape index (κ1) is 11.6. The van der Waals surface area contributed by atoms with E-state index in [9.17, 15) is 4.79 Å². The largest absolute Gasteiger partial charge is 0.462 e. The molecule has 2 rings (SSSR count). The highest BCUT2D eigenvalue weighted by molar-refractivity contribution is 6.02. The summed E-state index contributed by atoms with van der Waals surface area (Å²) in [6, 6.07) is 1.74. The highest BCUT2D eigenvalue weighted by atomic mass is 16.5. The molecule has 0 radical (unpaired) electrons. The van der Waals surface area contributed by atoms with Gasteiger partial charge in [0.05, 0.1) is 23.8 Å². The van der Waals surface area contributed by atoms with Crippen LogP contribution >= 0.6 is 0 Å². The van der Waals surface area contributed by atoms with Crippen molar-refractivity contribution in [3.8, 4) is 0 Å². The van der Waals surface area contributed by atoms with Gasteiger partial charge < -0.3 is 4.74 Å². The van der Waals surface area contributed by atoms with Gasteiger partial charge in [-0.3, -0.25) is 0 Å². The fourth-order valence-corrected chi connectivity index (χ4v) is 1.78. The second-order valence-corrected chi connectivity index (χ2v) is 3.73. The number of hydrogen-bond donors (Lipinski definition) is 0. The molecule has 0 bridgehead atoms. The van der Waals surface area contributed by atoms with E-state index in [4.69, 9.17) is 4.74 Å². The Bertz CT molecular complexity index is 560. The van der Waals surface area contributed by atoms with E-state index in [-0.39, 0.29) is 5.97 Å². The van der Waals surface area contributed by atoms with Crippen LogP contribution in [0.25, 0.3) is 11.0 Å². The van der Waals surface area contributed by atoms with Gasteiger partial charge >= 0.3 is 5.97 Å². The zero-order chi connectivity index (χ0) is 12.4. The Morgan fingerprint density at radius 1 is 1.47 bits per heavy atom. The lowest BCUT2D eigenvalue weighted by atomic mass is 10.1. The van der Waals surface area contributed by atoms with Crippen LogP contribution in [0.4, 0.5) is 0 Å². The van der Waals surface area contributed by atoms with Crippen molar-refractivity contribution in [2.75, 3.05) is 6.61 Å². The maximum Gasteiger partial charge on any atom is 0.338 e. The molecule has 5 nitrogen and oxygen atoms in total. The lowest BCUT2D eigenvalue weighted by molar-refractivity contribution is 0.0528. The van der Waals surface area contributed by atoms with Crippen LogP contribution in [0.3, 0.4) is 0 Å². The van der Waals surface area contributed by atoms with Gasteiger partial charge in [-0.05, 0) is 26.8 Å². The minimum Gasteiger partial charge on any atom is -0.462 e. The minimum absolute atomic E-state index is 0.321. The number of aryl methyl sites for hydroxylation is 2. The fraction of sp³-hybridized carbons (Fsp3) is 0.417. The Morgan fingerprint density at radius 3 is 2.88 bits per heavy atom. The van der Waals surface area contributed by atoms with Crippen LogP contribution in [-0.4, -0.2) is 27.3 Å². The van der Waals surface area contributed by atoms with Crippen molar-refractivity contribution in [1.29, 1.82) is 0 Å². The summed E-state index contributed by atoms with van der Waals surface area (Å²) in [4.78, 5) is 16.2. The Labute approximate surface area is 99.4 Å². The minimum atomic E-state index is -0.321. The monoisotopic (exact) mass is 233 g/mol. The maximum atomic E-state index is 11.8. The molecule has 0 fully saturated rings. The number of carbonyl (C=O) groups excluding carboxylic acids is 1. The molecule has 0 N–H and O–H groups in total. The molecule has 5 heteroatoms. The number of rotatable bonds is 3. The molecule has 0 aliphatic rings. The Morgan fingerprint density at radius 2 is 2.24 bits per heavy atom. The molecule has 0 spiro atoms. The summed E-state index contributed by atoms with van der Waals surface area (Å²) < 4.78 is 6.80. The maximum absolute atomic E-state index is 11.8. The molecule has 0 aliphatic carbocycles. The third kappa shape index (κ3) is 2.00. The van der Waals surface area contributed by atoms with Gasteiger partial charge in [0.25, 0.3) is 0 Å². The third-order valence-corrected chi connectivity index (χ3v) is 2.53. The van der Waals surface area contributed by atoms with E-state index in [1.807, 2.05) is 13.8 Å². The van der Waals surface area contributed by atoms with E-state index in [0.717, 1.165) is 23.3 Å². The summed E-state index contributed by atoms with van der Waals surface area (Å²) in [5.41, 5.74) is 2.06. The Balaban J connectivity index is 2.62. The molecule has 90 valence electrons. The van der Waals surface area contributed by atoms with Crippen molar-refractivity contribution in [3.05, 3.63) is 23.5 Å². The first-order chi connectivity index (χ1) is 8.17. The predicted octanol–water partition coefficient (Wildman–Crippen LogP) is 1.94. The van der Waals surface area contributed by atoms with Crippen molar-refractivity contribution in [3.63, 3.8) is 0 Å². The number of aromatic nitrogens is 3. The summed E-state index contributed by atoms with van der Waals surface area (Å²) >= 11 is 0. The zero-order valence-corrected chi connectivity index (χ0v) is 10.2. The number of carbonyl (C=O) groups is 1. The molecular weight excluding hydrogens is 218 g/mol. The van der Waals surface area contributed by atoms with Gasteiger partial charge in [-0.25, -0.2) is 14.5 Å². The molecule has 0 aliphatic heterocycles. The molecular formula is C12H15N3O2. The molecule has 0 amide bonds. The van der Waals surface area contributed by atoms with E-state index in [1.54, 1.807) is 23.9 Å². The van der Waals surface area contributed by atoms with Crippen molar-refractivity contribution < 1.29 is 9.53 Å². The second-order valence-electron chi connectivity index (χ2n) is 3.73. The molecule has 2 aromatic heterocycles. The van der Waals surface area contributed by atoms with Crippen LogP contribution in [0.2, 0.25) is 0 Å². The summed E-state index contributed by atoms with van der Waals surface area (Å²) in [5.74, 6) is -0.321. The average Bonchev–Trinajstić information content (AvgIpc) is 2.71. The Hall–Kier alpha value is -1.91. The molecule has 2 aromatic rings. The van der Waals surface area contributed by atoms with E-state index in [0.29, 0.717) is 12.2 Å². The number of nitrogens with zero attached hydrogens (tertiary/aromatic N) is 3. The molecule has 0 saturated heterocycles.